The quantitative estimate of drug-likeness (QED) is 0.790. The van der Waals surface area contributed by atoms with Crippen molar-refractivity contribution in [2.75, 3.05) is 46.4 Å². The summed E-state index contributed by atoms with van der Waals surface area (Å²) in [6, 6.07) is 20.4. The summed E-state index contributed by atoms with van der Waals surface area (Å²) in [6.07, 6.45) is 0.544. The van der Waals surface area contributed by atoms with Crippen molar-refractivity contribution >= 4 is 0 Å². The molecule has 1 N–H and O–H groups in total. The van der Waals surface area contributed by atoms with E-state index in [4.69, 9.17) is 4.74 Å². The average molecular weight is 354 g/mol. The van der Waals surface area contributed by atoms with E-state index in [1.807, 2.05) is 36.4 Å². The second kappa shape index (κ2) is 9.83. The number of piperazine rings is 1. The molecule has 1 saturated heterocycles. The zero-order valence-corrected chi connectivity index (χ0v) is 15.6. The van der Waals surface area contributed by atoms with Crippen LogP contribution >= 0.6 is 0 Å². The molecule has 1 heterocycles. The van der Waals surface area contributed by atoms with E-state index < -0.39 is 0 Å². The fourth-order valence-electron chi connectivity index (χ4n) is 3.56. The minimum Gasteiger partial charge on any atom is -0.388 e. The molecular formula is C22H30N2O2. The first-order valence-corrected chi connectivity index (χ1v) is 9.51. The lowest BCUT2D eigenvalue weighted by molar-refractivity contribution is 0.0387. The molecule has 2 aromatic carbocycles. The number of hydrogen-bond acceptors (Lipinski definition) is 4. The number of nitrogens with zero attached hydrogens (tertiary/aromatic N) is 2. The lowest BCUT2D eigenvalue weighted by atomic mass is 10.1. The Kier molecular flexibility index (Phi) is 7.21. The van der Waals surface area contributed by atoms with Gasteiger partial charge in [0.2, 0.25) is 0 Å². The highest BCUT2D eigenvalue weighted by atomic mass is 16.5. The third kappa shape index (κ3) is 5.39. The van der Waals surface area contributed by atoms with E-state index in [-0.39, 0.29) is 12.2 Å². The molecule has 1 fully saturated rings. The molecule has 4 heteroatoms. The topological polar surface area (TPSA) is 35.9 Å². The summed E-state index contributed by atoms with van der Waals surface area (Å²) >= 11 is 0. The standard InChI is InChI=1S/C22H30N2O2/c1-26-22(20-10-6-3-7-11-20)18-24-16-14-23(15-17-24)13-12-21(25)19-8-4-2-5-9-19/h2-11,21-22,25H,12-18H2,1H3/t21-,22+/m0/s1. The second-order valence-electron chi connectivity index (χ2n) is 6.99. The number of methoxy groups -OCH3 is 1. The normalized spacial score (nSPS) is 18.5. The molecule has 0 amide bonds. The predicted molar refractivity (Wildman–Crippen MR) is 105 cm³/mol. The molecule has 1 aliphatic heterocycles. The highest BCUT2D eigenvalue weighted by Gasteiger charge is 2.21. The Bertz CT molecular complexity index is 627. The lowest BCUT2D eigenvalue weighted by Crippen LogP contribution is -2.47. The monoisotopic (exact) mass is 354 g/mol. The van der Waals surface area contributed by atoms with Crippen LogP contribution in [0.4, 0.5) is 0 Å². The van der Waals surface area contributed by atoms with E-state index in [1.165, 1.54) is 5.56 Å². The van der Waals surface area contributed by atoms with Crippen LogP contribution in [0, 0.1) is 0 Å². The highest BCUT2D eigenvalue weighted by molar-refractivity contribution is 5.18. The fraction of sp³-hybridized carbons (Fsp3) is 0.455. The van der Waals surface area contributed by atoms with Crippen molar-refractivity contribution in [1.29, 1.82) is 0 Å². The summed E-state index contributed by atoms with van der Waals surface area (Å²) in [6.45, 7) is 6.07. The summed E-state index contributed by atoms with van der Waals surface area (Å²) in [4.78, 5) is 4.93. The Balaban J connectivity index is 1.41. The molecule has 1 aliphatic rings. The molecule has 0 bridgehead atoms. The van der Waals surface area contributed by atoms with Crippen LogP contribution in [-0.2, 0) is 4.74 Å². The Hall–Kier alpha value is -1.72. The zero-order chi connectivity index (χ0) is 18.2. The van der Waals surface area contributed by atoms with Gasteiger partial charge >= 0.3 is 0 Å². The van der Waals surface area contributed by atoms with Crippen molar-refractivity contribution in [1.82, 2.24) is 9.80 Å². The molecule has 140 valence electrons. The van der Waals surface area contributed by atoms with E-state index in [1.54, 1.807) is 7.11 Å². The molecule has 4 nitrogen and oxygen atoms in total. The Morgan fingerprint density at radius 1 is 0.846 bits per heavy atom. The van der Waals surface area contributed by atoms with Gasteiger partial charge in [0.25, 0.3) is 0 Å². The minimum absolute atomic E-state index is 0.127. The predicted octanol–water partition coefficient (Wildman–Crippen LogP) is 3.12. The maximum absolute atomic E-state index is 10.3. The first-order chi connectivity index (χ1) is 12.8. The van der Waals surface area contributed by atoms with Crippen molar-refractivity contribution in [3.63, 3.8) is 0 Å². The van der Waals surface area contributed by atoms with Gasteiger partial charge in [-0.1, -0.05) is 60.7 Å². The largest absolute Gasteiger partial charge is 0.388 e. The van der Waals surface area contributed by atoms with Gasteiger partial charge in [-0.15, -0.1) is 0 Å². The van der Waals surface area contributed by atoms with Gasteiger partial charge in [0.05, 0.1) is 12.2 Å². The van der Waals surface area contributed by atoms with Gasteiger partial charge in [-0.05, 0) is 17.5 Å². The molecule has 2 aromatic rings. The third-order valence-electron chi connectivity index (χ3n) is 5.25. The summed E-state index contributed by atoms with van der Waals surface area (Å²) in [5.41, 5.74) is 2.25. The number of benzene rings is 2. The number of aliphatic hydroxyl groups is 1. The fourth-order valence-corrected chi connectivity index (χ4v) is 3.56. The van der Waals surface area contributed by atoms with Gasteiger partial charge < -0.3 is 14.7 Å². The summed E-state index contributed by atoms with van der Waals surface area (Å²) in [5.74, 6) is 0. The SMILES string of the molecule is CO[C@H](CN1CCN(CC[C@H](O)c2ccccc2)CC1)c1ccccc1. The minimum atomic E-state index is -0.370. The van der Waals surface area contributed by atoms with Gasteiger partial charge in [0.15, 0.2) is 0 Å². The first kappa shape index (κ1) is 19.1. The molecule has 0 radical (unpaired) electrons. The smallest absolute Gasteiger partial charge is 0.0947 e. The van der Waals surface area contributed by atoms with E-state index in [0.717, 1.165) is 51.3 Å². The van der Waals surface area contributed by atoms with Crippen LogP contribution < -0.4 is 0 Å². The number of ether oxygens (including phenoxy) is 1. The number of rotatable bonds is 8. The molecule has 0 aliphatic carbocycles. The Morgan fingerprint density at radius 3 is 1.96 bits per heavy atom. The molecule has 0 spiro atoms. The summed E-state index contributed by atoms with van der Waals surface area (Å²) < 4.78 is 5.71. The van der Waals surface area contributed by atoms with E-state index in [0.29, 0.717) is 0 Å². The van der Waals surface area contributed by atoms with Gasteiger partial charge in [0, 0.05) is 46.4 Å². The van der Waals surface area contributed by atoms with E-state index in [2.05, 4.69) is 34.1 Å². The van der Waals surface area contributed by atoms with E-state index >= 15 is 0 Å². The molecule has 0 unspecified atom stereocenters. The van der Waals surface area contributed by atoms with E-state index in [9.17, 15) is 5.11 Å². The highest BCUT2D eigenvalue weighted by Crippen LogP contribution is 2.20. The van der Waals surface area contributed by atoms with Crippen molar-refractivity contribution in [3.8, 4) is 0 Å². The molecule has 0 aromatic heterocycles. The van der Waals surface area contributed by atoms with Crippen molar-refractivity contribution in [3.05, 3.63) is 71.8 Å². The van der Waals surface area contributed by atoms with Gasteiger partial charge in [-0.3, -0.25) is 4.90 Å². The van der Waals surface area contributed by atoms with Crippen LogP contribution in [0.2, 0.25) is 0 Å². The van der Waals surface area contributed by atoms with Crippen LogP contribution in [0.25, 0.3) is 0 Å². The van der Waals surface area contributed by atoms with Crippen LogP contribution in [0.15, 0.2) is 60.7 Å². The molecule has 3 rings (SSSR count). The maximum atomic E-state index is 10.3. The average Bonchev–Trinajstić information content (AvgIpc) is 2.72. The Labute approximate surface area is 157 Å². The summed E-state index contributed by atoms with van der Waals surface area (Å²) in [7, 11) is 1.79. The molecular weight excluding hydrogens is 324 g/mol. The first-order valence-electron chi connectivity index (χ1n) is 9.51. The van der Waals surface area contributed by atoms with Crippen LogP contribution in [0.3, 0.4) is 0 Å². The second-order valence-corrected chi connectivity index (χ2v) is 6.99. The van der Waals surface area contributed by atoms with Gasteiger partial charge in [0.1, 0.15) is 0 Å². The molecule has 26 heavy (non-hydrogen) atoms. The molecule has 0 saturated carbocycles. The van der Waals surface area contributed by atoms with Crippen molar-refractivity contribution in [2.24, 2.45) is 0 Å². The Morgan fingerprint density at radius 2 is 1.38 bits per heavy atom. The van der Waals surface area contributed by atoms with Gasteiger partial charge in [-0.2, -0.15) is 0 Å². The summed E-state index contributed by atoms with van der Waals surface area (Å²) in [5, 5.41) is 10.3. The van der Waals surface area contributed by atoms with Gasteiger partial charge in [-0.25, -0.2) is 0 Å². The number of aliphatic hydroxyl groups excluding tert-OH is 1. The molecule has 2 atom stereocenters. The van der Waals surface area contributed by atoms with Crippen LogP contribution in [-0.4, -0.2) is 61.3 Å². The van der Waals surface area contributed by atoms with Crippen molar-refractivity contribution < 1.29 is 9.84 Å². The zero-order valence-electron chi connectivity index (χ0n) is 15.6. The maximum Gasteiger partial charge on any atom is 0.0947 e. The van der Waals surface area contributed by atoms with Crippen LogP contribution in [0.5, 0.6) is 0 Å². The number of hydrogen-bond donors (Lipinski definition) is 1. The van der Waals surface area contributed by atoms with Crippen LogP contribution in [0.1, 0.15) is 29.8 Å². The third-order valence-corrected chi connectivity index (χ3v) is 5.25. The van der Waals surface area contributed by atoms with Crippen molar-refractivity contribution in [2.45, 2.75) is 18.6 Å². The lowest BCUT2D eigenvalue weighted by Gasteiger charge is -2.36.